The number of nitriles is 1. The van der Waals surface area contributed by atoms with E-state index in [1.54, 1.807) is 18.2 Å². The molecule has 0 aromatic heterocycles. The molecule has 0 bridgehead atoms. The van der Waals surface area contributed by atoms with Gasteiger partial charge in [-0.25, -0.2) is 0 Å². The Kier molecular flexibility index (Phi) is 5.00. The second kappa shape index (κ2) is 7.14. The van der Waals surface area contributed by atoms with Crippen LogP contribution in [0.4, 0.5) is 11.4 Å². The predicted octanol–water partition coefficient (Wildman–Crippen LogP) is 3.47. The van der Waals surface area contributed by atoms with Gasteiger partial charge < -0.3 is 15.7 Å². The molecule has 0 saturated heterocycles. The molecule has 5 heteroatoms. The first-order valence-corrected chi connectivity index (χ1v) is 7.04. The van der Waals surface area contributed by atoms with Gasteiger partial charge in [0.05, 0.1) is 5.69 Å². The highest BCUT2D eigenvalue weighted by molar-refractivity contribution is 6.07. The van der Waals surface area contributed by atoms with Crippen molar-refractivity contribution in [2.45, 2.75) is 13.8 Å². The summed E-state index contributed by atoms with van der Waals surface area (Å²) in [5.74, 6) is -0.647. The van der Waals surface area contributed by atoms with Crippen LogP contribution < -0.4 is 10.6 Å². The van der Waals surface area contributed by atoms with Crippen molar-refractivity contribution in [3.63, 3.8) is 0 Å². The quantitative estimate of drug-likeness (QED) is 0.459. The molecule has 2 rings (SSSR count). The molecule has 0 aliphatic heterocycles. The second-order valence-corrected chi connectivity index (χ2v) is 5.16. The summed E-state index contributed by atoms with van der Waals surface area (Å²) in [4.78, 5) is 12.1. The number of carbonyl (C=O) groups excluding carboxylic acids is 1. The van der Waals surface area contributed by atoms with Crippen LogP contribution in [0, 0.1) is 25.2 Å². The summed E-state index contributed by atoms with van der Waals surface area (Å²) in [6.45, 7) is 3.94. The summed E-state index contributed by atoms with van der Waals surface area (Å²) in [6, 6.07) is 14.0. The lowest BCUT2D eigenvalue weighted by Gasteiger charge is -2.07. The SMILES string of the molecule is Cc1cc(C)cc(N/C=C(/C#N)C(=O)Nc2ccccc2O)c1. The van der Waals surface area contributed by atoms with Crippen LogP contribution in [0.2, 0.25) is 0 Å². The van der Waals surface area contributed by atoms with Crippen LogP contribution in [0.25, 0.3) is 0 Å². The normalized spacial score (nSPS) is 10.7. The van der Waals surface area contributed by atoms with Gasteiger partial charge in [0.15, 0.2) is 0 Å². The Morgan fingerprint density at radius 2 is 1.83 bits per heavy atom. The Bertz CT molecular complexity index is 784. The maximum Gasteiger partial charge on any atom is 0.267 e. The fourth-order valence-corrected chi connectivity index (χ4v) is 2.13. The summed E-state index contributed by atoms with van der Waals surface area (Å²) < 4.78 is 0. The number of aryl methyl sites for hydroxylation is 2. The highest BCUT2D eigenvalue weighted by Gasteiger charge is 2.11. The molecule has 0 heterocycles. The number of anilines is 2. The van der Waals surface area contributed by atoms with Gasteiger partial charge in [-0.05, 0) is 49.2 Å². The number of amides is 1. The molecule has 5 nitrogen and oxygen atoms in total. The second-order valence-electron chi connectivity index (χ2n) is 5.16. The minimum atomic E-state index is -0.592. The molecule has 0 aliphatic rings. The van der Waals surface area contributed by atoms with E-state index in [1.807, 2.05) is 38.1 Å². The number of aromatic hydroxyl groups is 1. The topological polar surface area (TPSA) is 85.2 Å². The number of hydrogen-bond donors (Lipinski definition) is 3. The maximum atomic E-state index is 12.1. The number of rotatable bonds is 4. The number of benzene rings is 2. The average molecular weight is 307 g/mol. The van der Waals surface area contributed by atoms with E-state index in [0.717, 1.165) is 16.8 Å². The molecule has 3 N–H and O–H groups in total. The third-order valence-corrected chi connectivity index (χ3v) is 3.12. The molecule has 0 atom stereocenters. The zero-order chi connectivity index (χ0) is 16.8. The lowest BCUT2D eigenvalue weighted by molar-refractivity contribution is -0.112. The fourth-order valence-electron chi connectivity index (χ4n) is 2.13. The minimum absolute atomic E-state index is 0.0552. The van der Waals surface area contributed by atoms with Gasteiger partial charge in [-0.2, -0.15) is 5.26 Å². The summed E-state index contributed by atoms with van der Waals surface area (Å²) in [5.41, 5.74) is 3.12. The Morgan fingerprint density at radius 1 is 1.17 bits per heavy atom. The van der Waals surface area contributed by atoms with E-state index in [2.05, 4.69) is 10.6 Å². The van der Waals surface area contributed by atoms with Crippen molar-refractivity contribution >= 4 is 17.3 Å². The highest BCUT2D eigenvalue weighted by atomic mass is 16.3. The van der Waals surface area contributed by atoms with Crippen molar-refractivity contribution in [3.05, 3.63) is 65.4 Å². The van der Waals surface area contributed by atoms with Crippen molar-refractivity contribution < 1.29 is 9.90 Å². The number of phenols is 1. The summed E-state index contributed by atoms with van der Waals surface area (Å²) in [7, 11) is 0. The van der Waals surface area contributed by atoms with Gasteiger partial charge in [0.25, 0.3) is 5.91 Å². The van der Waals surface area contributed by atoms with Gasteiger partial charge in [0.1, 0.15) is 17.4 Å². The number of nitrogens with one attached hydrogen (secondary N) is 2. The Morgan fingerprint density at radius 3 is 2.43 bits per heavy atom. The third kappa shape index (κ3) is 4.35. The molecule has 0 spiro atoms. The van der Waals surface area contributed by atoms with Crippen LogP contribution >= 0.6 is 0 Å². The molecule has 0 fully saturated rings. The Hall–Kier alpha value is -3.26. The van der Waals surface area contributed by atoms with Gasteiger partial charge in [-0.3, -0.25) is 4.79 Å². The largest absolute Gasteiger partial charge is 0.506 e. The number of carbonyl (C=O) groups is 1. The van der Waals surface area contributed by atoms with Gasteiger partial charge in [-0.1, -0.05) is 18.2 Å². The molecular formula is C18H17N3O2. The van der Waals surface area contributed by atoms with Crippen molar-refractivity contribution in [1.82, 2.24) is 0 Å². The molecule has 0 saturated carbocycles. The monoisotopic (exact) mass is 307 g/mol. The first kappa shape index (κ1) is 16.1. The first-order chi connectivity index (χ1) is 11.0. The van der Waals surface area contributed by atoms with E-state index in [1.165, 1.54) is 12.3 Å². The third-order valence-electron chi connectivity index (χ3n) is 3.12. The van der Waals surface area contributed by atoms with E-state index in [0.29, 0.717) is 0 Å². The highest BCUT2D eigenvalue weighted by Crippen LogP contribution is 2.22. The molecule has 23 heavy (non-hydrogen) atoms. The first-order valence-electron chi connectivity index (χ1n) is 7.04. The summed E-state index contributed by atoms with van der Waals surface area (Å²) in [6.07, 6.45) is 1.35. The number of phenolic OH excluding ortho intramolecular Hbond substituents is 1. The van der Waals surface area contributed by atoms with Crippen molar-refractivity contribution in [3.8, 4) is 11.8 Å². The minimum Gasteiger partial charge on any atom is -0.506 e. The van der Waals surface area contributed by atoms with Crippen molar-refractivity contribution in [2.75, 3.05) is 10.6 Å². The lowest BCUT2D eigenvalue weighted by atomic mass is 10.1. The van der Waals surface area contributed by atoms with Gasteiger partial charge in [0, 0.05) is 11.9 Å². The number of para-hydroxylation sites is 2. The van der Waals surface area contributed by atoms with Crippen molar-refractivity contribution in [2.24, 2.45) is 0 Å². The van der Waals surface area contributed by atoms with Gasteiger partial charge in [-0.15, -0.1) is 0 Å². The number of nitrogens with zero attached hydrogens (tertiary/aromatic N) is 1. The van der Waals surface area contributed by atoms with Crippen LogP contribution in [0.5, 0.6) is 5.75 Å². The zero-order valence-electron chi connectivity index (χ0n) is 12.9. The zero-order valence-corrected chi connectivity index (χ0v) is 12.9. The molecule has 116 valence electrons. The van der Waals surface area contributed by atoms with E-state index in [4.69, 9.17) is 5.26 Å². The fraction of sp³-hybridized carbons (Fsp3) is 0.111. The Labute approximate surface area is 134 Å². The van der Waals surface area contributed by atoms with Crippen LogP contribution in [-0.2, 0) is 4.79 Å². The summed E-state index contributed by atoms with van der Waals surface area (Å²) in [5, 5.41) is 24.3. The van der Waals surface area contributed by atoms with Crippen LogP contribution in [0.1, 0.15) is 11.1 Å². The lowest BCUT2D eigenvalue weighted by Crippen LogP contribution is -2.14. The standard InChI is InChI=1S/C18H17N3O2/c1-12-7-13(2)9-15(8-12)20-11-14(10-19)18(23)21-16-5-3-4-6-17(16)22/h3-9,11,20,22H,1-2H3,(H,21,23)/b14-11-. The van der Waals surface area contributed by atoms with E-state index in [9.17, 15) is 9.90 Å². The average Bonchev–Trinajstić information content (AvgIpc) is 2.49. The molecule has 2 aromatic carbocycles. The molecule has 2 aromatic rings. The van der Waals surface area contributed by atoms with Crippen LogP contribution in [-0.4, -0.2) is 11.0 Å². The molecule has 1 amide bonds. The molecule has 0 aliphatic carbocycles. The van der Waals surface area contributed by atoms with E-state index >= 15 is 0 Å². The smallest absolute Gasteiger partial charge is 0.267 e. The predicted molar refractivity (Wildman–Crippen MR) is 90.0 cm³/mol. The van der Waals surface area contributed by atoms with E-state index < -0.39 is 5.91 Å². The molecule has 0 radical (unpaired) electrons. The number of hydrogen-bond acceptors (Lipinski definition) is 4. The van der Waals surface area contributed by atoms with Crippen molar-refractivity contribution in [1.29, 1.82) is 5.26 Å². The molecular weight excluding hydrogens is 290 g/mol. The maximum absolute atomic E-state index is 12.1. The van der Waals surface area contributed by atoms with Gasteiger partial charge >= 0.3 is 0 Å². The van der Waals surface area contributed by atoms with Crippen LogP contribution in [0.3, 0.4) is 0 Å². The Balaban J connectivity index is 2.14. The van der Waals surface area contributed by atoms with E-state index in [-0.39, 0.29) is 17.0 Å². The summed E-state index contributed by atoms with van der Waals surface area (Å²) >= 11 is 0. The van der Waals surface area contributed by atoms with Crippen LogP contribution in [0.15, 0.2) is 54.2 Å². The van der Waals surface area contributed by atoms with Gasteiger partial charge in [0.2, 0.25) is 0 Å². The molecule has 0 unspecified atom stereocenters.